The molecule has 0 bridgehead atoms. The van der Waals surface area contributed by atoms with Crippen LogP contribution in [0.4, 0.5) is 0 Å². The van der Waals surface area contributed by atoms with Gasteiger partial charge in [0.2, 0.25) is 0 Å². The van der Waals surface area contributed by atoms with Crippen molar-refractivity contribution in [3.8, 4) is 0 Å². The number of aliphatic imine (C=N–C) groups is 1. The first-order chi connectivity index (χ1) is 10.4. The molecule has 1 atom stereocenters. The second-order valence-corrected chi connectivity index (χ2v) is 4.60. The molecule has 3 rings (SSSR count). The van der Waals surface area contributed by atoms with Crippen LogP contribution in [-0.4, -0.2) is 16.2 Å². The molecule has 3 heteroatoms. The second kappa shape index (κ2) is 6.57. The van der Waals surface area contributed by atoms with Gasteiger partial charge >= 0.3 is 0 Å². The molecule has 0 saturated carbocycles. The van der Waals surface area contributed by atoms with Gasteiger partial charge < -0.3 is 0 Å². The van der Waals surface area contributed by atoms with Crippen LogP contribution in [0.5, 0.6) is 0 Å². The van der Waals surface area contributed by atoms with Crippen molar-refractivity contribution in [2.45, 2.75) is 6.04 Å². The lowest BCUT2D eigenvalue weighted by Gasteiger charge is -2.12. The normalized spacial score (nSPS) is 12.4. The van der Waals surface area contributed by atoms with E-state index < -0.39 is 0 Å². The number of pyridine rings is 2. The Morgan fingerprint density at radius 2 is 1.48 bits per heavy atom. The van der Waals surface area contributed by atoms with Gasteiger partial charge in [-0.15, -0.1) is 0 Å². The SMILES string of the molecule is C(=NC(c1ccccc1)c1ccccn1)c1ccccn1. The van der Waals surface area contributed by atoms with Gasteiger partial charge in [-0.3, -0.25) is 15.0 Å². The average molecular weight is 273 g/mol. The molecule has 3 aromatic rings. The molecule has 1 unspecified atom stereocenters. The molecule has 0 saturated heterocycles. The maximum Gasteiger partial charge on any atom is 0.117 e. The van der Waals surface area contributed by atoms with E-state index in [2.05, 4.69) is 27.1 Å². The van der Waals surface area contributed by atoms with Crippen LogP contribution < -0.4 is 0 Å². The number of aromatic nitrogens is 2. The van der Waals surface area contributed by atoms with Crippen LogP contribution in [0.15, 0.2) is 84.1 Å². The van der Waals surface area contributed by atoms with Crippen LogP contribution >= 0.6 is 0 Å². The Morgan fingerprint density at radius 3 is 2.14 bits per heavy atom. The Labute approximate surface area is 124 Å². The third kappa shape index (κ3) is 3.39. The van der Waals surface area contributed by atoms with Gasteiger partial charge in [-0.1, -0.05) is 42.5 Å². The van der Waals surface area contributed by atoms with Crippen molar-refractivity contribution in [2.24, 2.45) is 4.99 Å². The Balaban J connectivity index is 1.96. The predicted octanol–water partition coefficient (Wildman–Crippen LogP) is 3.69. The molecule has 0 N–H and O–H groups in total. The molecule has 2 heterocycles. The van der Waals surface area contributed by atoms with Gasteiger partial charge in [0, 0.05) is 18.6 Å². The van der Waals surface area contributed by atoms with Crippen molar-refractivity contribution < 1.29 is 0 Å². The first kappa shape index (κ1) is 13.2. The van der Waals surface area contributed by atoms with E-state index in [1.54, 1.807) is 18.6 Å². The smallest absolute Gasteiger partial charge is 0.117 e. The summed E-state index contributed by atoms with van der Waals surface area (Å²) in [7, 11) is 0. The van der Waals surface area contributed by atoms with Gasteiger partial charge in [0.05, 0.1) is 11.4 Å². The van der Waals surface area contributed by atoms with E-state index in [1.165, 1.54) is 0 Å². The molecular weight excluding hydrogens is 258 g/mol. The molecule has 1 aromatic carbocycles. The minimum atomic E-state index is -0.116. The third-order valence-corrected chi connectivity index (χ3v) is 3.13. The van der Waals surface area contributed by atoms with Crippen molar-refractivity contribution in [1.29, 1.82) is 0 Å². The minimum Gasteiger partial charge on any atom is -0.276 e. The minimum absolute atomic E-state index is 0.116. The van der Waals surface area contributed by atoms with Crippen LogP contribution in [-0.2, 0) is 0 Å². The molecule has 2 aromatic heterocycles. The van der Waals surface area contributed by atoms with E-state index in [4.69, 9.17) is 0 Å². The van der Waals surface area contributed by atoms with Crippen LogP contribution in [0.1, 0.15) is 23.0 Å². The number of benzene rings is 1. The molecule has 0 fully saturated rings. The van der Waals surface area contributed by atoms with Crippen LogP contribution in [0, 0.1) is 0 Å². The Bertz CT molecular complexity index is 655. The summed E-state index contributed by atoms with van der Waals surface area (Å²) in [6.45, 7) is 0. The Hall–Kier alpha value is -2.81. The highest BCUT2D eigenvalue weighted by Gasteiger charge is 2.12. The van der Waals surface area contributed by atoms with Crippen LogP contribution in [0.2, 0.25) is 0 Å². The van der Waals surface area contributed by atoms with Crippen molar-refractivity contribution in [2.75, 3.05) is 0 Å². The zero-order chi connectivity index (χ0) is 14.3. The van der Waals surface area contributed by atoms with E-state index in [-0.39, 0.29) is 6.04 Å². The highest BCUT2D eigenvalue weighted by Crippen LogP contribution is 2.23. The Morgan fingerprint density at radius 1 is 0.762 bits per heavy atom. The van der Waals surface area contributed by atoms with Crippen LogP contribution in [0.25, 0.3) is 0 Å². The topological polar surface area (TPSA) is 38.1 Å². The van der Waals surface area contributed by atoms with Gasteiger partial charge in [0.15, 0.2) is 0 Å². The fourth-order valence-corrected chi connectivity index (χ4v) is 2.11. The Kier molecular flexibility index (Phi) is 4.12. The largest absolute Gasteiger partial charge is 0.276 e. The molecule has 0 spiro atoms. The van der Waals surface area contributed by atoms with Gasteiger partial charge in [-0.2, -0.15) is 0 Å². The summed E-state index contributed by atoms with van der Waals surface area (Å²) in [6.07, 6.45) is 5.35. The summed E-state index contributed by atoms with van der Waals surface area (Å²) in [5.41, 5.74) is 2.88. The lowest BCUT2D eigenvalue weighted by molar-refractivity contribution is 0.834. The maximum atomic E-state index is 4.68. The lowest BCUT2D eigenvalue weighted by atomic mass is 10.0. The van der Waals surface area contributed by atoms with Gasteiger partial charge in [0.25, 0.3) is 0 Å². The molecule has 3 nitrogen and oxygen atoms in total. The highest BCUT2D eigenvalue weighted by atomic mass is 14.8. The first-order valence-corrected chi connectivity index (χ1v) is 6.83. The summed E-state index contributed by atoms with van der Waals surface area (Å²) >= 11 is 0. The van der Waals surface area contributed by atoms with Crippen LogP contribution in [0.3, 0.4) is 0 Å². The van der Waals surface area contributed by atoms with E-state index in [0.717, 1.165) is 17.0 Å². The summed E-state index contributed by atoms with van der Waals surface area (Å²) in [5, 5.41) is 0. The summed E-state index contributed by atoms with van der Waals surface area (Å²) < 4.78 is 0. The summed E-state index contributed by atoms with van der Waals surface area (Å²) in [5.74, 6) is 0. The van der Waals surface area contributed by atoms with Gasteiger partial charge in [-0.25, -0.2) is 0 Å². The van der Waals surface area contributed by atoms with E-state index in [0.29, 0.717) is 0 Å². The fourth-order valence-electron chi connectivity index (χ4n) is 2.11. The molecule has 21 heavy (non-hydrogen) atoms. The molecule has 0 aliphatic heterocycles. The molecule has 0 amide bonds. The third-order valence-electron chi connectivity index (χ3n) is 3.13. The van der Waals surface area contributed by atoms with Crippen molar-refractivity contribution >= 4 is 6.21 Å². The number of nitrogens with zero attached hydrogens (tertiary/aromatic N) is 3. The van der Waals surface area contributed by atoms with Crippen molar-refractivity contribution in [3.63, 3.8) is 0 Å². The van der Waals surface area contributed by atoms with Gasteiger partial charge in [-0.05, 0) is 29.8 Å². The molecule has 0 aliphatic rings. The van der Waals surface area contributed by atoms with Gasteiger partial charge in [0.1, 0.15) is 6.04 Å². The number of rotatable bonds is 4. The lowest BCUT2D eigenvalue weighted by Crippen LogP contribution is -2.01. The first-order valence-electron chi connectivity index (χ1n) is 6.83. The molecule has 0 aliphatic carbocycles. The van der Waals surface area contributed by atoms with Crippen molar-refractivity contribution in [3.05, 3.63) is 96.1 Å². The average Bonchev–Trinajstić information content (AvgIpc) is 2.58. The van der Waals surface area contributed by atoms with Crippen molar-refractivity contribution in [1.82, 2.24) is 9.97 Å². The standard InChI is InChI=1S/C18H15N3/c1-2-8-15(9-3-1)18(17-11-5-7-13-20-17)21-14-16-10-4-6-12-19-16/h1-14,18H. The predicted molar refractivity (Wildman–Crippen MR) is 84.4 cm³/mol. The maximum absolute atomic E-state index is 4.68. The zero-order valence-corrected chi connectivity index (χ0v) is 11.5. The van der Waals surface area contributed by atoms with E-state index in [1.807, 2.05) is 54.6 Å². The summed E-state index contributed by atoms with van der Waals surface area (Å²) in [6, 6.07) is 21.7. The monoisotopic (exact) mass is 273 g/mol. The molecular formula is C18H15N3. The van der Waals surface area contributed by atoms with E-state index >= 15 is 0 Å². The highest BCUT2D eigenvalue weighted by molar-refractivity contribution is 5.77. The quantitative estimate of drug-likeness (QED) is 0.680. The molecule has 0 radical (unpaired) electrons. The molecule has 102 valence electrons. The second-order valence-electron chi connectivity index (χ2n) is 4.60. The van der Waals surface area contributed by atoms with E-state index in [9.17, 15) is 0 Å². The summed E-state index contributed by atoms with van der Waals surface area (Å²) in [4.78, 5) is 13.4. The fraction of sp³-hybridized carbons (Fsp3) is 0.0556. The number of hydrogen-bond donors (Lipinski definition) is 0. The number of hydrogen-bond acceptors (Lipinski definition) is 3. The zero-order valence-electron chi connectivity index (χ0n) is 11.5.